The molecule has 1 aromatic carbocycles. The second-order valence-electron chi connectivity index (χ2n) is 4.69. The van der Waals surface area contributed by atoms with E-state index >= 15 is 0 Å². The monoisotopic (exact) mass is 300 g/mol. The number of nitrogens with zero attached hydrogens (tertiary/aromatic N) is 1. The molecule has 7 nitrogen and oxygen atoms in total. The number of rotatable bonds is 5. The van der Waals surface area contributed by atoms with E-state index in [0.717, 1.165) is 0 Å². The molecule has 0 radical (unpaired) electrons. The van der Waals surface area contributed by atoms with Crippen molar-refractivity contribution in [3.63, 3.8) is 0 Å². The number of nitrogens with one attached hydrogen (secondary N) is 1. The molecule has 2 rings (SSSR count). The van der Waals surface area contributed by atoms with Crippen molar-refractivity contribution in [1.29, 1.82) is 0 Å². The Morgan fingerprint density at radius 1 is 1.45 bits per heavy atom. The Hall–Kier alpha value is -1.83. The van der Waals surface area contributed by atoms with Gasteiger partial charge in [0.15, 0.2) is 9.84 Å². The van der Waals surface area contributed by atoms with Crippen LogP contribution in [0.4, 0.5) is 11.4 Å². The zero-order valence-electron chi connectivity index (χ0n) is 11.0. The van der Waals surface area contributed by atoms with E-state index in [9.17, 15) is 18.5 Å². The molecule has 1 aliphatic heterocycles. The Labute approximate surface area is 117 Å². The molecule has 0 aromatic heterocycles. The van der Waals surface area contributed by atoms with Crippen molar-refractivity contribution in [1.82, 2.24) is 0 Å². The Balaban J connectivity index is 2.13. The van der Waals surface area contributed by atoms with Crippen LogP contribution in [0.3, 0.4) is 0 Å². The molecular formula is C12H16N2O5S. The van der Waals surface area contributed by atoms with Crippen LogP contribution in [0.25, 0.3) is 0 Å². The molecule has 110 valence electrons. The minimum Gasteiger partial charge on any atom is -0.496 e. The van der Waals surface area contributed by atoms with Crippen LogP contribution >= 0.6 is 0 Å². The smallest absolute Gasteiger partial charge is 0.275 e. The summed E-state index contributed by atoms with van der Waals surface area (Å²) in [6, 6.07) is 4.29. The highest BCUT2D eigenvalue weighted by molar-refractivity contribution is 7.92. The fraction of sp³-hybridized carbons (Fsp3) is 0.500. The van der Waals surface area contributed by atoms with E-state index in [-0.39, 0.29) is 18.0 Å². The lowest BCUT2D eigenvalue weighted by molar-refractivity contribution is -0.384. The lowest BCUT2D eigenvalue weighted by Gasteiger charge is -2.12. The van der Waals surface area contributed by atoms with Gasteiger partial charge in [-0.3, -0.25) is 10.1 Å². The third-order valence-corrected chi connectivity index (χ3v) is 5.61. The van der Waals surface area contributed by atoms with Gasteiger partial charge in [-0.1, -0.05) is 0 Å². The van der Waals surface area contributed by atoms with Gasteiger partial charge in [-0.15, -0.1) is 0 Å². The normalized spacial score (nSPS) is 20.6. The van der Waals surface area contributed by atoms with Gasteiger partial charge in [-0.25, -0.2) is 8.42 Å². The summed E-state index contributed by atoms with van der Waals surface area (Å²) in [5.74, 6) is 0.577. The highest BCUT2D eigenvalue weighted by Crippen LogP contribution is 2.27. The van der Waals surface area contributed by atoms with Crippen molar-refractivity contribution in [3.8, 4) is 5.75 Å². The maximum atomic E-state index is 11.7. The van der Waals surface area contributed by atoms with Gasteiger partial charge in [0.25, 0.3) is 5.69 Å². The quantitative estimate of drug-likeness (QED) is 0.655. The van der Waals surface area contributed by atoms with Crippen LogP contribution in [0.5, 0.6) is 5.75 Å². The van der Waals surface area contributed by atoms with E-state index in [2.05, 4.69) is 5.32 Å². The van der Waals surface area contributed by atoms with Crippen LogP contribution in [0.2, 0.25) is 0 Å². The molecule has 1 unspecified atom stereocenters. The summed E-state index contributed by atoms with van der Waals surface area (Å²) >= 11 is 0. The summed E-state index contributed by atoms with van der Waals surface area (Å²) in [6.07, 6.45) is 1.30. The standard InChI is InChI=1S/C12H16N2O5S/c1-19-11-6-9(5-10(7-11)14(15)16)13-8-12-3-2-4-20(12,17)18/h5-7,12-13H,2-4,8H2,1H3. The predicted octanol–water partition coefficient (Wildman–Crippen LogP) is 1.59. The average molecular weight is 300 g/mol. The van der Waals surface area contributed by atoms with E-state index in [1.165, 1.54) is 19.2 Å². The van der Waals surface area contributed by atoms with Gasteiger partial charge in [0.2, 0.25) is 0 Å². The molecule has 0 spiro atoms. The van der Waals surface area contributed by atoms with Gasteiger partial charge in [-0.2, -0.15) is 0 Å². The van der Waals surface area contributed by atoms with Crippen LogP contribution in [-0.2, 0) is 9.84 Å². The predicted molar refractivity (Wildman–Crippen MR) is 74.9 cm³/mol. The molecule has 1 aliphatic rings. The van der Waals surface area contributed by atoms with Gasteiger partial charge >= 0.3 is 0 Å². The molecule has 8 heteroatoms. The number of non-ortho nitro benzene ring substituents is 1. The number of benzene rings is 1. The number of nitro groups is 1. The van der Waals surface area contributed by atoms with Crippen molar-refractivity contribution < 1.29 is 18.1 Å². The number of hydrogen-bond acceptors (Lipinski definition) is 6. The van der Waals surface area contributed by atoms with Crippen LogP contribution in [0.15, 0.2) is 18.2 Å². The fourth-order valence-corrected chi connectivity index (χ4v) is 3.99. The molecule has 1 saturated heterocycles. The van der Waals surface area contributed by atoms with Gasteiger partial charge < -0.3 is 10.1 Å². The van der Waals surface area contributed by atoms with Gasteiger partial charge in [0.1, 0.15) is 5.75 Å². The SMILES string of the molecule is COc1cc(NCC2CCCS2(=O)=O)cc([N+](=O)[O-])c1. The Bertz CT molecular complexity index is 614. The number of methoxy groups -OCH3 is 1. The van der Waals surface area contributed by atoms with E-state index in [1.807, 2.05) is 0 Å². The zero-order valence-corrected chi connectivity index (χ0v) is 11.9. The fourth-order valence-electron chi connectivity index (χ4n) is 2.23. The van der Waals surface area contributed by atoms with Crippen molar-refractivity contribution in [2.75, 3.05) is 24.7 Å². The lowest BCUT2D eigenvalue weighted by Crippen LogP contribution is -2.25. The van der Waals surface area contributed by atoms with E-state index in [1.54, 1.807) is 6.07 Å². The number of nitro benzene ring substituents is 1. The zero-order chi connectivity index (χ0) is 14.8. The Morgan fingerprint density at radius 3 is 2.75 bits per heavy atom. The molecular weight excluding hydrogens is 284 g/mol. The first-order chi connectivity index (χ1) is 9.42. The molecule has 0 bridgehead atoms. The molecule has 1 heterocycles. The van der Waals surface area contributed by atoms with Crippen LogP contribution in [0.1, 0.15) is 12.8 Å². The molecule has 0 amide bonds. The number of sulfone groups is 1. The lowest BCUT2D eigenvalue weighted by atomic mass is 10.2. The van der Waals surface area contributed by atoms with Crippen molar-refractivity contribution in [3.05, 3.63) is 28.3 Å². The summed E-state index contributed by atoms with van der Waals surface area (Å²) in [6.45, 7) is 0.257. The van der Waals surface area contributed by atoms with E-state index < -0.39 is 20.0 Å². The van der Waals surface area contributed by atoms with Gasteiger partial charge in [0.05, 0.1) is 29.1 Å². The molecule has 0 saturated carbocycles. The summed E-state index contributed by atoms with van der Waals surface area (Å²) in [5.41, 5.74) is 0.388. The molecule has 1 N–H and O–H groups in total. The summed E-state index contributed by atoms with van der Waals surface area (Å²) < 4.78 is 28.4. The topological polar surface area (TPSA) is 98.5 Å². The van der Waals surface area contributed by atoms with Crippen molar-refractivity contribution in [2.24, 2.45) is 0 Å². The summed E-state index contributed by atoms with van der Waals surface area (Å²) in [7, 11) is -1.61. The van der Waals surface area contributed by atoms with E-state index in [0.29, 0.717) is 24.3 Å². The second-order valence-corrected chi connectivity index (χ2v) is 7.09. The number of anilines is 1. The summed E-state index contributed by atoms with van der Waals surface area (Å²) in [4.78, 5) is 10.3. The molecule has 0 aliphatic carbocycles. The minimum atomic E-state index is -3.03. The van der Waals surface area contributed by atoms with Crippen LogP contribution < -0.4 is 10.1 Å². The van der Waals surface area contributed by atoms with Crippen molar-refractivity contribution in [2.45, 2.75) is 18.1 Å². The van der Waals surface area contributed by atoms with Crippen molar-refractivity contribution >= 4 is 21.2 Å². The molecule has 1 atom stereocenters. The molecule has 1 aromatic rings. The first kappa shape index (κ1) is 14.6. The highest BCUT2D eigenvalue weighted by Gasteiger charge is 2.30. The first-order valence-corrected chi connectivity index (χ1v) is 7.93. The highest BCUT2D eigenvalue weighted by atomic mass is 32.2. The van der Waals surface area contributed by atoms with E-state index in [4.69, 9.17) is 4.74 Å². The average Bonchev–Trinajstić information content (AvgIpc) is 2.74. The van der Waals surface area contributed by atoms with Crippen LogP contribution in [0, 0.1) is 10.1 Å². The number of ether oxygens (including phenoxy) is 1. The Morgan fingerprint density at radius 2 is 2.20 bits per heavy atom. The number of hydrogen-bond donors (Lipinski definition) is 1. The maximum Gasteiger partial charge on any atom is 0.275 e. The van der Waals surface area contributed by atoms with Gasteiger partial charge in [-0.05, 0) is 12.8 Å². The summed E-state index contributed by atoms with van der Waals surface area (Å²) in [5, 5.41) is 13.3. The second kappa shape index (κ2) is 5.66. The van der Waals surface area contributed by atoms with Gasteiger partial charge in [0, 0.05) is 24.4 Å². The Kier molecular flexibility index (Phi) is 4.12. The maximum absolute atomic E-state index is 11.7. The third-order valence-electron chi connectivity index (χ3n) is 3.33. The third kappa shape index (κ3) is 3.19. The molecule has 20 heavy (non-hydrogen) atoms. The minimum absolute atomic E-state index is 0.0962. The largest absolute Gasteiger partial charge is 0.496 e. The first-order valence-electron chi connectivity index (χ1n) is 6.21. The van der Waals surface area contributed by atoms with Crippen LogP contribution in [-0.4, -0.2) is 38.0 Å². The molecule has 1 fully saturated rings.